The molecule has 2 atom stereocenters. The third-order valence-corrected chi connectivity index (χ3v) is 5.80. The number of likely N-dealkylation sites (tertiary alicyclic amines) is 1. The van der Waals surface area contributed by atoms with E-state index in [1.54, 1.807) is 16.2 Å². The van der Waals surface area contributed by atoms with E-state index in [9.17, 15) is 14.7 Å². The molecule has 0 radical (unpaired) electrons. The normalized spacial score (nSPS) is 27.4. The fourth-order valence-electron chi connectivity index (χ4n) is 3.07. The molecule has 1 aliphatic carbocycles. The molecular formula is C15H19NO4S. The van der Waals surface area contributed by atoms with E-state index in [4.69, 9.17) is 5.11 Å². The van der Waals surface area contributed by atoms with Crippen LogP contribution < -0.4 is 0 Å². The number of rotatable bonds is 3. The van der Waals surface area contributed by atoms with Crippen LogP contribution >= 0.6 is 11.3 Å². The molecule has 2 unspecified atom stereocenters. The number of aliphatic carboxylic acids is 1. The van der Waals surface area contributed by atoms with E-state index in [0.29, 0.717) is 19.0 Å². The van der Waals surface area contributed by atoms with E-state index in [1.807, 2.05) is 0 Å². The Bertz CT molecular complexity index is 574. The smallest absolute Gasteiger partial charge is 0.335 e. The van der Waals surface area contributed by atoms with Gasteiger partial charge in [-0.15, -0.1) is 11.3 Å². The van der Waals surface area contributed by atoms with Crippen LogP contribution in [-0.4, -0.2) is 45.7 Å². The summed E-state index contributed by atoms with van der Waals surface area (Å²) in [5.41, 5.74) is -0.413. The summed E-state index contributed by atoms with van der Waals surface area (Å²) in [6, 6.07) is 2.08. The molecule has 1 aliphatic heterocycles. The number of carbonyl (C=O) groups excluding carboxylic acids is 1. The van der Waals surface area contributed by atoms with Crippen molar-refractivity contribution in [3.05, 3.63) is 21.9 Å². The van der Waals surface area contributed by atoms with Crippen molar-refractivity contribution in [2.24, 2.45) is 5.92 Å². The maximum Gasteiger partial charge on any atom is 0.335 e. The molecular weight excluding hydrogens is 290 g/mol. The van der Waals surface area contributed by atoms with E-state index in [-0.39, 0.29) is 24.7 Å². The van der Waals surface area contributed by atoms with Crippen molar-refractivity contribution < 1.29 is 19.8 Å². The fraction of sp³-hybridized carbons (Fsp3) is 0.600. The van der Waals surface area contributed by atoms with Crippen molar-refractivity contribution >= 4 is 23.2 Å². The summed E-state index contributed by atoms with van der Waals surface area (Å²) in [4.78, 5) is 26.5. The number of hydrogen-bond donors (Lipinski definition) is 2. The first-order chi connectivity index (χ1) is 9.92. The lowest BCUT2D eigenvalue weighted by molar-refractivity contribution is -0.165. The molecule has 5 nitrogen and oxygen atoms in total. The van der Waals surface area contributed by atoms with Gasteiger partial charge in [-0.3, -0.25) is 4.79 Å². The number of thiophene rings is 1. The van der Waals surface area contributed by atoms with Crippen LogP contribution in [0.2, 0.25) is 0 Å². The van der Waals surface area contributed by atoms with Gasteiger partial charge >= 0.3 is 5.97 Å². The number of carbonyl (C=O) groups is 2. The van der Waals surface area contributed by atoms with Crippen LogP contribution in [0.4, 0.5) is 0 Å². The largest absolute Gasteiger partial charge is 0.479 e. The zero-order chi connectivity index (χ0) is 15.2. The zero-order valence-electron chi connectivity index (χ0n) is 11.9. The van der Waals surface area contributed by atoms with E-state index in [1.165, 1.54) is 10.4 Å². The summed E-state index contributed by atoms with van der Waals surface area (Å²) in [5, 5.41) is 20.9. The van der Waals surface area contributed by atoms with Gasteiger partial charge in [0.05, 0.1) is 0 Å². The van der Waals surface area contributed by atoms with Crippen LogP contribution in [-0.2, 0) is 9.59 Å². The van der Waals surface area contributed by atoms with E-state index < -0.39 is 11.6 Å². The van der Waals surface area contributed by atoms with Crippen LogP contribution in [0.1, 0.15) is 35.6 Å². The second kappa shape index (κ2) is 5.10. The lowest BCUT2D eigenvalue weighted by Crippen LogP contribution is -2.51. The number of amides is 1. The maximum atomic E-state index is 12.5. The Morgan fingerprint density at radius 1 is 1.38 bits per heavy atom. The van der Waals surface area contributed by atoms with Gasteiger partial charge in [-0.05, 0) is 30.4 Å². The molecule has 0 aromatic carbocycles. The molecule has 1 saturated carbocycles. The average molecular weight is 309 g/mol. The lowest BCUT2D eigenvalue weighted by Gasteiger charge is -2.35. The third kappa shape index (κ3) is 2.58. The minimum atomic E-state index is -1.66. The van der Waals surface area contributed by atoms with Crippen LogP contribution in [0.15, 0.2) is 11.4 Å². The average Bonchev–Trinajstić information content (AvgIpc) is 3.13. The van der Waals surface area contributed by atoms with Crippen molar-refractivity contribution in [2.75, 3.05) is 13.1 Å². The van der Waals surface area contributed by atoms with Gasteiger partial charge in [0.2, 0.25) is 5.91 Å². The van der Waals surface area contributed by atoms with Gasteiger partial charge in [0.1, 0.15) is 0 Å². The van der Waals surface area contributed by atoms with Gasteiger partial charge in [0.25, 0.3) is 0 Å². The highest BCUT2D eigenvalue weighted by atomic mass is 32.1. The quantitative estimate of drug-likeness (QED) is 0.889. The number of carboxylic acids is 1. The zero-order valence-corrected chi connectivity index (χ0v) is 12.7. The Morgan fingerprint density at radius 3 is 2.57 bits per heavy atom. The molecule has 0 spiro atoms. The highest BCUT2D eigenvalue weighted by Crippen LogP contribution is 2.51. The molecule has 2 heterocycles. The standard InChI is InChI=1S/C15H19NO4S/c1-9-2-7-21-12(9)10-8-11(10)13(17)16-5-3-15(20,4-6-16)14(18)19/h2,7,10-11,20H,3-6,8H2,1H3,(H,18,19). The van der Waals surface area contributed by atoms with Crippen LogP contribution in [0.3, 0.4) is 0 Å². The van der Waals surface area contributed by atoms with Crippen LogP contribution in [0.5, 0.6) is 0 Å². The SMILES string of the molecule is Cc1ccsc1C1CC1C(=O)N1CCC(O)(C(=O)O)CC1. The number of piperidine rings is 1. The monoisotopic (exact) mass is 309 g/mol. The molecule has 2 aliphatic rings. The molecule has 21 heavy (non-hydrogen) atoms. The maximum absolute atomic E-state index is 12.5. The first kappa shape index (κ1) is 14.5. The molecule has 2 N–H and O–H groups in total. The lowest BCUT2D eigenvalue weighted by atomic mass is 9.91. The van der Waals surface area contributed by atoms with Crippen molar-refractivity contribution in [2.45, 2.75) is 37.7 Å². The van der Waals surface area contributed by atoms with Crippen LogP contribution in [0.25, 0.3) is 0 Å². The van der Waals surface area contributed by atoms with Gasteiger partial charge in [-0.25, -0.2) is 4.79 Å². The van der Waals surface area contributed by atoms with Crippen LogP contribution in [0, 0.1) is 12.8 Å². The molecule has 2 fully saturated rings. The number of nitrogens with zero attached hydrogens (tertiary/aromatic N) is 1. The van der Waals surface area contributed by atoms with E-state index in [0.717, 1.165) is 6.42 Å². The number of aliphatic hydroxyl groups is 1. The molecule has 1 saturated heterocycles. The molecule has 114 valence electrons. The topological polar surface area (TPSA) is 77.8 Å². The second-order valence-electron chi connectivity index (χ2n) is 6.08. The molecule has 3 rings (SSSR count). The van der Waals surface area contributed by atoms with Crippen molar-refractivity contribution in [1.82, 2.24) is 4.90 Å². The van der Waals surface area contributed by atoms with E-state index in [2.05, 4.69) is 18.4 Å². The van der Waals surface area contributed by atoms with Crippen molar-refractivity contribution in [1.29, 1.82) is 0 Å². The summed E-state index contributed by atoms with van der Waals surface area (Å²) >= 11 is 1.70. The predicted molar refractivity (Wildman–Crippen MR) is 78.3 cm³/mol. The van der Waals surface area contributed by atoms with E-state index >= 15 is 0 Å². The first-order valence-corrected chi connectivity index (χ1v) is 8.09. The predicted octanol–water partition coefficient (Wildman–Crippen LogP) is 1.60. The highest BCUT2D eigenvalue weighted by Gasteiger charge is 2.49. The van der Waals surface area contributed by atoms with Gasteiger partial charge in [-0.1, -0.05) is 0 Å². The minimum Gasteiger partial charge on any atom is -0.479 e. The number of hydrogen-bond acceptors (Lipinski definition) is 4. The summed E-state index contributed by atoms with van der Waals surface area (Å²) in [6.45, 7) is 2.72. The van der Waals surface area contributed by atoms with Crippen molar-refractivity contribution in [3.63, 3.8) is 0 Å². The molecule has 1 amide bonds. The first-order valence-electron chi connectivity index (χ1n) is 7.21. The molecule has 1 aromatic heterocycles. The Balaban J connectivity index is 1.59. The molecule has 6 heteroatoms. The van der Waals surface area contributed by atoms with Gasteiger partial charge in [-0.2, -0.15) is 0 Å². The number of aryl methyl sites for hydroxylation is 1. The Labute approximate surface area is 127 Å². The van der Waals surface area contributed by atoms with Gasteiger partial charge in [0, 0.05) is 42.6 Å². The van der Waals surface area contributed by atoms with Gasteiger partial charge in [0.15, 0.2) is 5.60 Å². The minimum absolute atomic E-state index is 0.0402. The second-order valence-corrected chi connectivity index (χ2v) is 7.03. The number of carboxylic acid groups (broad SMARTS) is 1. The Morgan fingerprint density at radius 2 is 2.05 bits per heavy atom. The highest BCUT2D eigenvalue weighted by molar-refractivity contribution is 7.10. The molecule has 1 aromatic rings. The van der Waals surface area contributed by atoms with Gasteiger partial charge < -0.3 is 15.1 Å². The summed E-state index contributed by atoms with van der Waals surface area (Å²) < 4.78 is 0. The Hall–Kier alpha value is -1.40. The fourth-order valence-corrected chi connectivity index (χ4v) is 4.18. The molecule has 0 bridgehead atoms. The Kier molecular flexibility index (Phi) is 3.53. The van der Waals surface area contributed by atoms with Crippen molar-refractivity contribution in [3.8, 4) is 0 Å². The third-order valence-electron chi connectivity index (χ3n) is 4.65. The summed E-state index contributed by atoms with van der Waals surface area (Å²) in [7, 11) is 0. The summed E-state index contributed by atoms with van der Waals surface area (Å²) in [5.74, 6) is -0.704. The summed E-state index contributed by atoms with van der Waals surface area (Å²) in [6.07, 6.45) is 1.12.